The van der Waals surface area contributed by atoms with Crippen molar-refractivity contribution in [2.45, 2.75) is 27.4 Å². The average Bonchev–Trinajstić information content (AvgIpc) is 2.56. The molecular formula is C18H20N2O4. The zero-order chi connectivity index (χ0) is 17.5. The van der Waals surface area contributed by atoms with Gasteiger partial charge in [0.1, 0.15) is 6.61 Å². The fourth-order valence-electron chi connectivity index (χ4n) is 2.14. The monoisotopic (exact) mass is 328 g/mol. The van der Waals surface area contributed by atoms with Crippen molar-refractivity contribution in [3.05, 3.63) is 58.9 Å². The van der Waals surface area contributed by atoms with Gasteiger partial charge in [-0.3, -0.25) is 10.3 Å². The van der Waals surface area contributed by atoms with E-state index in [4.69, 9.17) is 9.47 Å². The van der Waals surface area contributed by atoms with Crippen LogP contribution in [0.5, 0.6) is 0 Å². The van der Waals surface area contributed by atoms with Crippen molar-refractivity contribution >= 4 is 17.7 Å². The highest BCUT2D eigenvalue weighted by Gasteiger charge is 2.16. The highest BCUT2D eigenvalue weighted by Crippen LogP contribution is 2.19. The Kier molecular flexibility index (Phi) is 5.89. The minimum atomic E-state index is -0.609. The normalized spacial score (nSPS) is 10.1. The van der Waals surface area contributed by atoms with Gasteiger partial charge in [0, 0.05) is 0 Å². The van der Waals surface area contributed by atoms with Crippen molar-refractivity contribution in [1.29, 1.82) is 0 Å². The fraction of sp³-hybridized carbons (Fsp3) is 0.278. The summed E-state index contributed by atoms with van der Waals surface area (Å²) >= 11 is 0. The Bertz CT molecular complexity index is 729. The highest BCUT2D eigenvalue weighted by atomic mass is 16.5. The second-order valence-electron chi connectivity index (χ2n) is 5.16. The summed E-state index contributed by atoms with van der Waals surface area (Å²) in [6, 6.07) is 10.9. The number of hydrogen-bond acceptors (Lipinski definition) is 5. The molecule has 126 valence electrons. The Morgan fingerprint density at radius 3 is 2.46 bits per heavy atom. The number of benzene rings is 1. The van der Waals surface area contributed by atoms with Gasteiger partial charge in [-0.25, -0.2) is 9.59 Å². The quantitative estimate of drug-likeness (QED) is 0.848. The molecule has 0 saturated carbocycles. The van der Waals surface area contributed by atoms with E-state index in [-0.39, 0.29) is 13.2 Å². The van der Waals surface area contributed by atoms with Gasteiger partial charge < -0.3 is 9.47 Å². The van der Waals surface area contributed by atoms with Crippen LogP contribution < -0.4 is 5.32 Å². The molecule has 0 fully saturated rings. The number of aromatic nitrogens is 1. The van der Waals surface area contributed by atoms with Crippen LogP contribution in [-0.2, 0) is 16.1 Å². The second kappa shape index (κ2) is 8.10. The molecule has 0 radical (unpaired) electrons. The average molecular weight is 328 g/mol. The van der Waals surface area contributed by atoms with Crippen molar-refractivity contribution < 1.29 is 19.1 Å². The number of amides is 1. The first-order valence-electron chi connectivity index (χ1n) is 7.64. The first kappa shape index (κ1) is 17.5. The van der Waals surface area contributed by atoms with Crippen molar-refractivity contribution in [3.8, 4) is 0 Å². The van der Waals surface area contributed by atoms with Gasteiger partial charge >= 0.3 is 12.1 Å². The number of anilines is 1. The van der Waals surface area contributed by atoms with Crippen LogP contribution in [0.4, 0.5) is 10.5 Å². The van der Waals surface area contributed by atoms with Crippen LogP contribution in [0.25, 0.3) is 0 Å². The third-order valence-corrected chi connectivity index (χ3v) is 3.35. The summed E-state index contributed by atoms with van der Waals surface area (Å²) in [5.41, 5.74) is 2.77. The van der Waals surface area contributed by atoms with E-state index in [0.29, 0.717) is 22.6 Å². The van der Waals surface area contributed by atoms with Crippen LogP contribution >= 0.6 is 0 Å². The number of rotatable bonds is 5. The Hall–Kier alpha value is -2.89. The Morgan fingerprint density at radius 2 is 1.79 bits per heavy atom. The lowest BCUT2D eigenvalue weighted by atomic mass is 10.1. The van der Waals surface area contributed by atoms with E-state index in [1.54, 1.807) is 26.8 Å². The van der Waals surface area contributed by atoms with Gasteiger partial charge in [0.25, 0.3) is 0 Å². The molecule has 0 aliphatic rings. The van der Waals surface area contributed by atoms with Crippen LogP contribution in [0.3, 0.4) is 0 Å². The predicted molar refractivity (Wildman–Crippen MR) is 89.9 cm³/mol. The topological polar surface area (TPSA) is 77.5 Å². The number of nitrogens with one attached hydrogen (secondary N) is 1. The molecule has 0 bridgehead atoms. The first-order valence-corrected chi connectivity index (χ1v) is 7.64. The maximum Gasteiger partial charge on any atom is 0.412 e. The summed E-state index contributed by atoms with van der Waals surface area (Å²) in [4.78, 5) is 28.1. The molecule has 1 aromatic carbocycles. The van der Waals surface area contributed by atoms with E-state index < -0.39 is 12.1 Å². The van der Waals surface area contributed by atoms with Crippen LogP contribution in [-0.4, -0.2) is 23.7 Å². The SMILES string of the molecule is CCOC(=O)c1cc(NC(=O)OCc2ccccc2)c(C)nc1C. The summed E-state index contributed by atoms with van der Waals surface area (Å²) in [7, 11) is 0. The molecule has 0 aliphatic heterocycles. The highest BCUT2D eigenvalue weighted by molar-refractivity contribution is 5.93. The molecule has 6 nitrogen and oxygen atoms in total. The third kappa shape index (κ3) is 4.55. The van der Waals surface area contributed by atoms with Gasteiger partial charge in [-0.2, -0.15) is 0 Å². The van der Waals surface area contributed by atoms with Gasteiger partial charge in [0.05, 0.1) is 29.2 Å². The number of ether oxygens (including phenoxy) is 2. The van der Waals surface area contributed by atoms with Gasteiger partial charge in [0.15, 0.2) is 0 Å². The number of hydrogen-bond donors (Lipinski definition) is 1. The minimum absolute atomic E-state index is 0.162. The molecule has 0 aliphatic carbocycles. The van der Waals surface area contributed by atoms with Crippen molar-refractivity contribution in [2.75, 3.05) is 11.9 Å². The maximum absolute atomic E-state index is 12.0. The van der Waals surface area contributed by atoms with Gasteiger partial charge in [-0.1, -0.05) is 30.3 Å². The van der Waals surface area contributed by atoms with Gasteiger partial charge in [0.2, 0.25) is 0 Å². The maximum atomic E-state index is 12.0. The zero-order valence-electron chi connectivity index (χ0n) is 14.0. The number of esters is 1. The molecule has 2 rings (SSSR count). The molecule has 6 heteroatoms. The molecule has 0 atom stereocenters. The smallest absolute Gasteiger partial charge is 0.412 e. The van der Waals surface area contributed by atoms with E-state index in [9.17, 15) is 9.59 Å². The number of carbonyl (C=O) groups excluding carboxylic acids is 2. The van der Waals surface area contributed by atoms with E-state index in [1.165, 1.54) is 0 Å². The first-order chi connectivity index (χ1) is 11.5. The number of aryl methyl sites for hydroxylation is 2. The summed E-state index contributed by atoms with van der Waals surface area (Å²) in [6.07, 6.45) is -0.609. The Labute approximate surface area is 140 Å². The Morgan fingerprint density at radius 1 is 1.08 bits per heavy atom. The van der Waals surface area contributed by atoms with E-state index in [0.717, 1.165) is 5.56 Å². The lowest BCUT2D eigenvalue weighted by Gasteiger charge is -2.12. The van der Waals surface area contributed by atoms with Gasteiger partial charge in [-0.15, -0.1) is 0 Å². The van der Waals surface area contributed by atoms with Crippen LogP contribution in [0.1, 0.15) is 34.2 Å². The molecule has 1 heterocycles. The second-order valence-corrected chi connectivity index (χ2v) is 5.16. The van der Waals surface area contributed by atoms with Crippen LogP contribution in [0.15, 0.2) is 36.4 Å². The zero-order valence-corrected chi connectivity index (χ0v) is 14.0. The van der Waals surface area contributed by atoms with Crippen LogP contribution in [0, 0.1) is 13.8 Å². The molecule has 2 aromatic rings. The molecular weight excluding hydrogens is 308 g/mol. The van der Waals surface area contributed by atoms with E-state index >= 15 is 0 Å². The largest absolute Gasteiger partial charge is 0.462 e. The summed E-state index contributed by atoms with van der Waals surface area (Å²) in [6.45, 7) is 5.63. The summed E-state index contributed by atoms with van der Waals surface area (Å²) < 4.78 is 10.2. The Balaban J connectivity index is 2.06. The third-order valence-electron chi connectivity index (χ3n) is 3.35. The van der Waals surface area contributed by atoms with Crippen molar-refractivity contribution in [1.82, 2.24) is 4.98 Å². The predicted octanol–water partition coefficient (Wildman–Crippen LogP) is 3.62. The number of carbonyl (C=O) groups is 2. The van der Waals surface area contributed by atoms with E-state index in [1.807, 2.05) is 30.3 Å². The van der Waals surface area contributed by atoms with Crippen LogP contribution in [0.2, 0.25) is 0 Å². The molecule has 0 unspecified atom stereocenters. The molecule has 0 saturated heterocycles. The van der Waals surface area contributed by atoms with Crippen molar-refractivity contribution in [3.63, 3.8) is 0 Å². The lowest BCUT2D eigenvalue weighted by molar-refractivity contribution is 0.0525. The lowest BCUT2D eigenvalue weighted by Crippen LogP contribution is -2.16. The molecule has 1 N–H and O–H groups in total. The number of pyridine rings is 1. The minimum Gasteiger partial charge on any atom is -0.462 e. The standard InChI is InChI=1S/C18H20N2O4/c1-4-23-17(21)15-10-16(13(3)19-12(15)2)20-18(22)24-11-14-8-6-5-7-9-14/h5-10H,4,11H2,1-3H3,(H,20,22). The molecule has 1 amide bonds. The van der Waals surface area contributed by atoms with Crippen molar-refractivity contribution in [2.24, 2.45) is 0 Å². The summed E-state index contributed by atoms with van der Waals surface area (Å²) in [5, 5.41) is 2.61. The molecule has 0 spiro atoms. The van der Waals surface area contributed by atoms with E-state index in [2.05, 4.69) is 10.3 Å². The summed E-state index contributed by atoms with van der Waals surface area (Å²) in [5.74, 6) is -0.469. The number of nitrogens with zero attached hydrogens (tertiary/aromatic N) is 1. The molecule has 24 heavy (non-hydrogen) atoms. The van der Waals surface area contributed by atoms with Gasteiger partial charge in [-0.05, 0) is 32.4 Å². The fourth-order valence-corrected chi connectivity index (χ4v) is 2.14. The molecule has 1 aromatic heterocycles.